The number of hydrogen-bond acceptors (Lipinski definition) is 3. The third kappa shape index (κ3) is 4.00. The second-order valence-corrected chi connectivity index (χ2v) is 6.59. The van der Waals surface area contributed by atoms with Crippen LogP contribution < -0.4 is 4.74 Å². The van der Waals surface area contributed by atoms with E-state index in [2.05, 4.69) is 0 Å². The predicted octanol–water partition coefficient (Wildman–Crippen LogP) is 2.94. The smallest absolute Gasteiger partial charge is 0.326 e. The molecular formula is C17H23NO4. The zero-order valence-electron chi connectivity index (χ0n) is 13.3. The maximum Gasteiger partial charge on any atom is 0.326 e. The van der Waals surface area contributed by atoms with E-state index >= 15 is 0 Å². The summed E-state index contributed by atoms with van der Waals surface area (Å²) in [5.41, 5.74) is 0.196. The Bertz CT molecular complexity index is 545. The fourth-order valence-corrected chi connectivity index (χ4v) is 2.62. The van der Waals surface area contributed by atoms with E-state index in [-0.39, 0.29) is 11.5 Å². The van der Waals surface area contributed by atoms with Crippen molar-refractivity contribution in [3.05, 3.63) is 29.8 Å². The Morgan fingerprint density at radius 1 is 1.18 bits per heavy atom. The molecule has 1 aromatic carbocycles. The molecule has 1 heterocycles. The van der Waals surface area contributed by atoms with Gasteiger partial charge in [0, 0.05) is 12.1 Å². The average molecular weight is 305 g/mol. The third-order valence-corrected chi connectivity index (χ3v) is 3.57. The number of hydrogen-bond donors (Lipinski definition) is 1. The van der Waals surface area contributed by atoms with Crippen LogP contribution >= 0.6 is 0 Å². The highest BCUT2D eigenvalue weighted by Crippen LogP contribution is 2.22. The summed E-state index contributed by atoms with van der Waals surface area (Å²) in [4.78, 5) is 25.3. The van der Waals surface area contributed by atoms with E-state index in [1.807, 2.05) is 20.8 Å². The Balaban J connectivity index is 2.13. The molecule has 0 aliphatic carbocycles. The van der Waals surface area contributed by atoms with Crippen LogP contribution in [0, 0.1) is 0 Å². The van der Waals surface area contributed by atoms with Crippen LogP contribution in [-0.4, -0.2) is 40.1 Å². The molecule has 1 fully saturated rings. The van der Waals surface area contributed by atoms with Crippen molar-refractivity contribution in [2.75, 3.05) is 6.54 Å². The number of likely N-dealkylation sites (tertiary alicyclic amines) is 1. The van der Waals surface area contributed by atoms with E-state index in [0.29, 0.717) is 24.3 Å². The van der Waals surface area contributed by atoms with Gasteiger partial charge in [-0.15, -0.1) is 0 Å². The van der Waals surface area contributed by atoms with Crippen molar-refractivity contribution in [3.63, 3.8) is 0 Å². The highest BCUT2D eigenvalue weighted by atomic mass is 16.5. The molecule has 0 saturated carbocycles. The van der Waals surface area contributed by atoms with E-state index in [9.17, 15) is 14.7 Å². The lowest BCUT2D eigenvalue weighted by Gasteiger charge is -2.33. The van der Waals surface area contributed by atoms with Gasteiger partial charge in [-0.2, -0.15) is 0 Å². The summed E-state index contributed by atoms with van der Waals surface area (Å²) < 4.78 is 5.72. The lowest BCUT2D eigenvalue weighted by atomic mass is 10.0. The Kier molecular flexibility index (Phi) is 4.74. The quantitative estimate of drug-likeness (QED) is 0.932. The van der Waals surface area contributed by atoms with Gasteiger partial charge in [-0.25, -0.2) is 4.79 Å². The fourth-order valence-electron chi connectivity index (χ4n) is 2.62. The summed E-state index contributed by atoms with van der Waals surface area (Å²) in [7, 11) is 0. The topological polar surface area (TPSA) is 66.8 Å². The van der Waals surface area contributed by atoms with E-state index in [0.717, 1.165) is 12.8 Å². The molecule has 1 aromatic rings. The SMILES string of the molecule is CC(C)(C)Oc1ccc(C(=O)N2CCCCC2C(=O)O)cc1. The van der Waals surface area contributed by atoms with Crippen molar-refractivity contribution < 1.29 is 19.4 Å². The minimum absolute atomic E-state index is 0.227. The average Bonchev–Trinajstić information content (AvgIpc) is 2.45. The highest BCUT2D eigenvalue weighted by molar-refractivity contribution is 5.96. The molecule has 1 unspecified atom stereocenters. The maximum atomic E-state index is 12.5. The summed E-state index contributed by atoms with van der Waals surface area (Å²) >= 11 is 0. The number of carbonyl (C=O) groups excluding carboxylic acids is 1. The van der Waals surface area contributed by atoms with Gasteiger partial charge in [-0.3, -0.25) is 4.79 Å². The number of nitrogens with zero attached hydrogens (tertiary/aromatic N) is 1. The van der Waals surface area contributed by atoms with Crippen LogP contribution in [0.15, 0.2) is 24.3 Å². The van der Waals surface area contributed by atoms with Crippen LogP contribution in [0.5, 0.6) is 5.75 Å². The fraction of sp³-hybridized carbons (Fsp3) is 0.529. The number of carboxylic acid groups (broad SMARTS) is 1. The Morgan fingerprint density at radius 2 is 1.82 bits per heavy atom. The van der Waals surface area contributed by atoms with Crippen molar-refractivity contribution in [2.24, 2.45) is 0 Å². The number of aliphatic carboxylic acids is 1. The molecule has 1 aliphatic rings. The summed E-state index contributed by atoms with van der Waals surface area (Å²) in [5, 5.41) is 9.26. The molecule has 0 bridgehead atoms. The van der Waals surface area contributed by atoms with Crippen LogP contribution in [0.4, 0.5) is 0 Å². The second-order valence-electron chi connectivity index (χ2n) is 6.59. The van der Waals surface area contributed by atoms with Crippen LogP contribution in [-0.2, 0) is 4.79 Å². The number of benzene rings is 1. The van der Waals surface area contributed by atoms with E-state index < -0.39 is 12.0 Å². The molecular weight excluding hydrogens is 282 g/mol. The molecule has 5 nitrogen and oxygen atoms in total. The standard InChI is InChI=1S/C17H23NO4/c1-17(2,3)22-13-9-7-12(8-10-13)15(19)18-11-5-4-6-14(18)16(20)21/h7-10,14H,4-6,11H2,1-3H3,(H,20,21). The molecule has 0 aromatic heterocycles. The van der Waals surface area contributed by atoms with Crippen LogP contribution in [0.3, 0.4) is 0 Å². The largest absolute Gasteiger partial charge is 0.488 e. The van der Waals surface area contributed by atoms with Gasteiger partial charge in [-0.05, 0) is 64.3 Å². The van der Waals surface area contributed by atoms with Crippen LogP contribution in [0.2, 0.25) is 0 Å². The number of amides is 1. The molecule has 22 heavy (non-hydrogen) atoms. The number of carbonyl (C=O) groups is 2. The first-order valence-corrected chi connectivity index (χ1v) is 7.61. The Labute approximate surface area is 130 Å². The van der Waals surface area contributed by atoms with Gasteiger partial charge in [0.25, 0.3) is 5.91 Å². The van der Waals surface area contributed by atoms with Gasteiger partial charge in [-0.1, -0.05) is 0 Å². The molecule has 1 aliphatic heterocycles. The lowest BCUT2D eigenvalue weighted by Crippen LogP contribution is -2.47. The van der Waals surface area contributed by atoms with Gasteiger partial charge in [0.1, 0.15) is 17.4 Å². The highest BCUT2D eigenvalue weighted by Gasteiger charge is 2.32. The molecule has 1 saturated heterocycles. The van der Waals surface area contributed by atoms with Crippen molar-refractivity contribution in [1.29, 1.82) is 0 Å². The number of carboxylic acids is 1. The zero-order valence-corrected chi connectivity index (χ0v) is 13.3. The Morgan fingerprint density at radius 3 is 2.36 bits per heavy atom. The summed E-state index contributed by atoms with van der Waals surface area (Å²) in [6.45, 7) is 6.36. The normalized spacial score (nSPS) is 18.9. The second kappa shape index (κ2) is 6.38. The number of rotatable bonds is 3. The van der Waals surface area contributed by atoms with Crippen molar-refractivity contribution in [2.45, 2.75) is 51.7 Å². The van der Waals surface area contributed by atoms with Gasteiger partial charge in [0.2, 0.25) is 0 Å². The molecule has 0 spiro atoms. The van der Waals surface area contributed by atoms with Gasteiger partial charge < -0.3 is 14.7 Å². The minimum atomic E-state index is -0.930. The molecule has 5 heteroatoms. The minimum Gasteiger partial charge on any atom is -0.488 e. The first-order valence-electron chi connectivity index (χ1n) is 7.61. The first kappa shape index (κ1) is 16.3. The molecule has 1 amide bonds. The van der Waals surface area contributed by atoms with Crippen LogP contribution in [0.25, 0.3) is 0 Å². The van der Waals surface area contributed by atoms with Gasteiger partial charge in [0.05, 0.1) is 0 Å². The van der Waals surface area contributed by atoms with E-state index in [1.165, 1.54) is 4.90 Å². The summed E-state index contributed by atoms with van der Waals surface area (Å²) in [5.74, 6) is -0.465. The van der Waals surface area contributed by atoms with Gasteiger partial charge in [0.15, 0.2) is 0 Å². The molecule has 0 radical (unpaired) electrons. The number of piperidine rings is 1. The van der Waals surface area contributed by atoms with E-state index in [1.54, 1.807) is 24.3 Å². The van der Waals surface area contributed by atoms with Crippen molar-refractivity contribution in [1.82, 2.24) is 4.90 Å². The van der Waals surface area contributed by atoms with Gasteiger partial charge >= 0.3 is 5.97 Å². The third-order valence-electron chi connectivity index (χ3n) is 3.57. The Hall–Kier alpha value is -2.04. The molecule has 1 N–H and O–H groups in total. The maximum absolute atomic E-state index is 12.5. The summed E-state index contributed by atoms with van der Waals surface area (Å²) in [6.07, 6.45) is 2.21. The van der Waals surface area contributed by atoms with E-state index in [4.69, 9.17) is 4.74 Å². The van der Waals surface area contributed by atoms with Crippen molar-refractivity contribution >= 4 is 11.9 Å². The van der Waals surface area contributed by atoms with Crippen LogP contribution in [0.1, 0.15) is 50.4 Å². The molecule has 2 rings (SSSR count). The molecule has 120 valence electrons. The zero-order chi connectivity index (χ0) is 16.3. The lowest BCUT2D eigenvalue weighted by molar-refractivity contribution is -0.143. The predicted molar refractivity (Wildman–Crippen MR) is 83.1 cm³/mol. The summed E-state index contributed by atoms with van der Waals surface area (Å²) in [6, 6.07) is 6.16. The first-order chi connectivity index (χ1) is 10.3. The number of ether oxygens (including phenoxy) is 1. The molecule has 1 atom stereocenters. The van der Waals surface area contributed by atoms with Crippen molar-refractivity contribution in [3.8, 4) is 5.75 Å². The monoisotopic (exact) mass is 305 g/mol.